The zero-order valence-electron chi connectivity index (χ0n) is 10.7. The maximum absolute atomic E-state index is 12.8. The first-order valence-corrected chi connectivity index (χ1v) is 7.14. The maximum Gasteiger partial charge on any atom is 0.417 e. The number of anilines is 1. The Kier molecular flexibility index (Phi) is 5.55. The molecule has 1 aromatic rings. The van der Waals surface area contributed by atoms with Gasteiger partial charge in [-0.05, 0) is 43.6 Å². The molecule has 104 valence electrons. The molecule has 2 nitrogen and oxygen atoms in total. The minimum absolute atomic E-state index is 0.0847. The summed E-state index contributed by atoms with van der Waals surface area (Å²) >= 11 is 1.69. The molecule has 6 heteroatoms. The SMILES string of the molecule is CSCCC(C)Nc1ccc(C#N)c(C(F)(F)F)c1. The summed E-state index contributed by atoms with van der Waals surface area (Å²) in [5, 5.41) is 11.7. The number of nitrogens with one attached hydrogen (secondary N) is 1. The molecule has 19 heavy (non-hydrogen) atoms. The molecule has 0 amide bonds. The fraction of sp³-hybridized carbons (Fsp3) is 0.462. The van der Waals surface area contributed by atoms with Crippen molar-refractivity contribution in [2.75, 3.05) is 17.3 Å². The van der Waals surface area contributed by atoms with E-state index in [-0.39, 0.29) is 11.6 Å². The highest BCUT2D eigenvalue weighted by atomic mass is 32.2. The summed E-state index contributed by atoms with van der Waals surface area (Å²) in [7, 11) is 0. The van der Waals surface area contributed by atoms with Crippen LogP contribution in [0.4, 0.5) is 18.9 Å². The fourth-order valence-electron chi connectivity index (χ4n) is 1.62. The molecule has 1 unspecified atom stereocenters. The third-order valence-corrected chi connectivity index (χ3v) is 3.26. The van der Waals surface area contributed by atoms with Crippen LogP contribution >= 0.6 is 11.8 Å². The number of benzene rings is 1. The molecule has 1 N–H and O–H groups in total. The standard InChI is InChI=1S/C13H15F3N2S/c1-9(5-6-19-2)18-11-4-3-10(8-17)12(7-11)13(14,15)16/h3-4,7,9,18H,5-6H2,1-2H3. The first kappa shape index (κ1) is 15.7. The van der Waals surface area contributed by atoms with E-state index < -0.39 is 11.7 Å². The molecule has 1 rings (SSSR count). The first-order valence-electron chi connectivity index (χ1n) is 5.75. The molecule has 1 atom stereocenters. The van der Waals surface area contributed by atoms with Gasteiger partial charge in [-0.15, -0.1) is 0 Å². The van der Waals surface area contributed by atoms with E-state index in [1.165, 1.54) is 12.1 Å². The molecule has 0 heterocycles. The second kappa shape index (κ2) is 6.71. The third kappa shape index (κ3) is 4.67. The molecular formula is C13H15F3N2S. The maximum atomic E-state index is 12.8. The Morgan fingerprint density at radius 2 is 2.11 bits per heavy atom. The van der Waals surface area contributed by atoms with E-state index in [0.29, 0.717) is 5.69 Å². The summed E-state index contributed by atoms with van der Waals surface area (Å²) in [6, 6.07) is 5.35. The van der Waals surface area contributed by atoms with Crippen LogP contribution in [0.25, 0.3) is 0 Å². The van der Waals surface area contributed by atoms with Crippen LogP contribution in [0.5, 0.6) is 0 Å². The number of nitriles is 1. The van der Waals surface area contributed by atoms with E-state index in [9.17, 15) is 13.2 Å². The van der Waals surface area contributed by atoms with Gasteiger partial charge in [0.25, 0.3) is 0 Å². The molecule has 1 aromatic carbocycles. The van der Waals surface area contributed by atoms with E-state index >= 15 is 0 Å². The smallest absolute Gasteiger partial charge is 0.383 e. The predicted octanol–water partition coefficient (Wildman–Crippen LogP) is 4.13. The van der Waals surface area contributed by atoms with E-state index in [0.717, 1.165) is 18.2 Å². The third-order valence-electron chi connectivity index (χ3n) is 2.61. The summed E-state index contributed by atoms with van der Waals surface area (Å²) in [5.74, 6) is 0.941. The largest absolute Gasteiger partial charge is 0.417 e. The minimum atomic E-state index is -4.51. The van der Waals surface area contributed by atoms with Gasteiger partial charge in [-0.1, -0.05) is 0 Å². The second-order valence-corrected chi connectivity index (χ2v) is 5.18. The lowest BCUT2D eigenvalue weighted by Crippen LogP contribution is -2.17. The van der Waals surface area contributed by atoms with Crippen LogP contribution < -0.4 is 5.32 Å². The molecule has 0 spiro atoms. The fourth-order valence-corrected chi connectivity index (χ4v) is 2.21. The number of rotatable bonds is 5. The van der Waals surface area contributed by atoms with Gasteiger partial charge in [0.1, 0.15) is 0 Å². The minimum Gasteiger partial charge on any atom is -0.383 e. The average molecular weight is 288 g/mol. The van der Waals surface area contributed by atoms with E-state index in [1.54, 1.807) is 17.8 Å². The lowest BCUT2D eigenvalue weighted by atomic mass is 10.1. The van der Waals surface area contributed by atoms with Crippen LogP contribution in [0.1, 0.15) is 24.5 Å². The molecule has 0 aromatic heterocycles. The molecule has 0 aliphatic rings. The summed E-state index contributed by atoms with van der Waals surface area (Å²) in [4.78, 5) is 0. The molecular weight excluding hydrogens is 273 g/mol. The van der Waals surface area contributed by atoms with E-state index in [1.807, 2.05) is 13.2 Å². The predicted molar refractivity (Wildman–Crippen MR) is 72.2 cm³/mol. The van der Waals surface area contributed by atoms with Crippen molar-refractivity contribution in [3.63, 3.8) is 0 Å². The van der Waals surface area contributed by atoms with E-state index in [4.69, 9.17) is 5.26 Å². The highest BCUT2D eigenvalue weighted by Crippen LogP contribution is 2.33. The van der Waals surface area contributed by atoms with Crippen molar-refractivity contribution in [1.82, 2.24) is 0 Å². The Bertz CT molecular complexity index is 466. The van der Waals surface area contributed by atoms with Gasteiger partial charge in [0.2, 0.25) is 0 Å². The average Bonchev–Trinajstić information content (AvgIpc) is 2.35. The Labute approximate surface area is 115 Å². The topological polar surface area (TPSA) is 35.8 Å². The Morgan fingerprint density at radius 3 is 2.63 bits per heavy atom. The van der Waals surface area contributed by atoms with Crippen molar-refractivity contribution in [3.05, 3.63) is 29.3 Å². The van der Waals surface area contributed by atoms with Crippen LogP contribution in [0, 0.1) is 11.3 Å². The summed E-state index contributed by atoms with van der Waals surface area (Å²) in [6.07, 6.45) is -1.66. The Morgan fingerprint density at radius 1 is 1.42 bits per heavy atom. The lowest BCUT2D eigenvalue weighted by molar-refractivity contribution is -0.137. The molecule has 0 radical (unpaired) electrons. The number of hydrogen-bond donors (Lipinski definition) is 1. The van der Waals surface area contributed by atoms with Gasteiger partial charge in [-0.3, -0.25) is 0 Å². The molecule has 0 bridgehead atoms. The van der Waals surface area contributed by atoms with Gasteiger partial charge in [0.05, 0.1) is 17.2 Å². The van der Waals surface area contributed by atoms with Gasteiger partial charge >= 0.3 is 6.18 Å². The van der Waals surface area contributed by atoms with Crippen LogP contribution in [0.2, 0.25) is 0 Å². The lowest BCUT2D eigenvalue weighted by Gasteiger charge is -2.16. The number of halogens is 3. The molecule has 0 saturated heterocycles. The molecule has 0 fully saturated rings. The zero-order valence-corrected chi connectivity index (χ0v) is 11.5. The second-order valence-electron chi connectivity index (χ2n) is 4.20. The van der Waals surface area contributed by atoms with Gasteiger partial charge in [0.15, 0.2) is 0 Å². The van der Waals surface area contributed by atoms with Crippen molar-refractivity contribution in [2.45, 2.75) is 25.6 Å². The molecule has 0 aliphatic carbocycles. The number of alkyl halides is 3. The normalized spacial score (nSPS) is 12.8. The number of nitrogens with zero attached hydrogens (tertiary/aromatic N) is 1. The van der Waals surface area contributed by atoms with Gasteiger partial charge in [-0.2, -0.15) is 30.2 Å². The first-order chi connectivity index (χ1) is 8.88. The van der Waals surface area contributed by atoms with Gasteiger partial charge < -0.3 is 5.32 Å². The van der Waals surface area contributed by atoms with E-state index in [2.05, 4.69) is 5.32 Å². The van der Waals surface area contributed by atoms with Crippen LogP contribution in [-0.4, -0.2) is 18.1 Å². The highest BCUT2D eigenvalue weighted by Gasteiger charge is 2.33. The Hall–Kier alpha value is -1.35. The highest BCUT2D eigenvalue weighted by molar-refractivity contribution is 7.98. The Balaban J connectivity index is 2.91. The van der Waals surface area contributed by atoms with Crippen LogP contribution in [0.15, 0.2) is 18.2 Å². The van der Waals surface area contributed by atoms with Crippen molar-refractivity contribution in [2.24, 2.45) is 0 Å². The van der Waals surface area contributed by atoms with Gasteiger partial charge in [-0.25, -0.2) is 0 Å². The zero-order chi connectivity index (χ0) is 14.5. The van der Waals surface area contributed by atoms with Crippen molar-refractivity contribution in [3.8, 4) is 6.07 Å². The van der Waals surface area contributed by atoms with Crippen molar-refractivity contribution >= 4 is 17.4 Å². The monoisotopic (exact) mass is 288 g/mol. The number of hydrogen-bond acceptors (Lipinski definition) is 3. The van der Waals surface area contributed by atoms with Crippen LogP contribution in [-0.2, 0) is 6.18 Å². The summed E-state index contributed by atoms with van der Waals surface area (Å²) in [5.41, 5.74) is -0.855. The quantitative estimate of drug-likeness (QED) is 0.885. The van der Waals surface area contributed by atoms with Gasteiger partial charge in [0, 0.05) is 11.7 Å². The van der Waals surface area contributed by atoms with Crippen molar-refractivity contribution in [1.29, 1.82) is 5.26 Å². The molecule has 0 saturated carbocycles. The number of thioether (sulfide) groups is 1. The summed E-state index contributed by atoms with van der Waals surface area (Å²) < 4.78 is 38.3. The summed E-state index contributed by atoms with van der Waals surface area (Å²) in [6.45, 7) is 1.92. The van der Waals surface area contributed by atoms with Crippen LogP contribution in [0.3, 0.4) is 0 Å². The molecule has 0 aliphatic heterocycles. The van der Waals surface area contributed by atoms with Crippen molar-refractivity contribution < 1.29 is 13.2 Å².